The van der Waals surface area contributed by atoms with E-state index in [4.69, 9.17) is 0 Å². The maximum Gasteiger partial charge on any atom is 0.185 e. The number of hydrogen-bond donors (Lipinski definition) is 1. The molecule has 0 spiro atoms. The van der Waals surface area contributed by atoms with Crippen LogP contribution in [0.3, 0.4) is 0 Å². The standard InChI is InChI=1S/C12H21N3S/c1-9-5-4-6-11(9)13-7-10-8-16-12(14-10)15(2)3/h8-9,11,13H,4-7H2,1-3H3. The summed E-state index contributed by atoms with van der Waals surface area (Å²) in [5, 5.41) is 6.87. The molecule has 2 rings (SSSR count). The van der Waals surface area contributed by atoms with Gasteiger partial charge in [0.05, 0.1) is 5.69 Å². The molecule has 1 fully saturated rings. The first-order chi connectivity index (χ1) is 7.66. The van der Waals surface area contributed by atoms with Gasteiger partial charge in [-0.1, -0.05) is 13.3 Å². The van der Waals surface area contributed by atoms with Gasteiger partial charge in [-0.2, -0.15) is 0 Å². The maximum atomic E-state index is 4.58. The predicted octanol–water partition coefficient (Wildman–Crippen LogP) is 2.49. The number of anilines is 1. The van der Waals surface area contributed by atoms with Gasteiger partial charge in [-0.25, -0.2) is 4.98 Å². The minimum absolute atomic E-state index is 0.699. The Balaban J connectivity index is 1.84. The number of rotatable bonds is 4. The fourth-order valence-corrected chi connectivity index (χ4v) is 3.03. The molecule has 0 radical (unpaired) electrons. The van der Waals surface area contributed by atoms with Gasteiger partial charge in [0.15, 0.2) is 5.13 Å². The fourth-order valence-electron chi connectivity index (χ4n) is 2.27. The van der Waals surface area contributed by atoms with Crippen LogP contribution in [-0.2, 0) is 6.54 Å². The van der Waals surface area contributed by atoms with Crippen molar-refractivity contribution in [1.29, 1.82) is 0 Å². The fraction of sp³-hybridized carbons (Fsp3) is 0.750. The van der Waals surface area contributed by atoms with Crippen LogP contribution in [0.5, 0.6) is 0 Å². The van der Waals surface area contributed by atoms with Gasteiger partial charge in [0.25, 0.3) is 0 Å². The molecule has 1 saturated carbocycles. The van der Waals surface area contributed by atoms with Gasteiger partial charge < -0.3 is 10.2 Å². The van der Waals surface area contributed by atoms with E-state index < -0.39 is 0 Å². The Labute approximate surface area is 102 Å². The van der Waals surface area contributed by atoms with E-state index in [-0.39, 0.29) is 0 Å². The van der Waals surface area contributed by atoms with Crippen LogP contribution in [0.2, 0.25) is 0 Å². The quantitative estimate of drug-likeness (QED) is 0.875. The number of nitrogens with one attached hydrogen (secondary N) is 1. The van der Waals surface area contributed by atoms with Gasteiger partial charge in [0.1, 0.15) is 0 Å². The molecule has 16 heavy (non-hydrogen) atoms. The third-order valence-corrected chi connectivity index (χ3v) is 4.39. The summed E-state index contributed by atoms with van der Waals surface area (Å²) in [5.41, 5.74) is 1.17. The van der Waals surface area contributed by atoms with Crippen LogP contribution in [0.25, 0.3) is 0 Å². The monoisotopic (exact) mass is 239 g/mol. The second kappa shape index (κ2) is 5.15. The van der Waals surface area contributed by atoms with Crippen molar-refractivity contribution in [3.8, 4) is 0 Å². The first kappa shape index (κ1) is 11.9. The third-order valence-electron chi connectivity index (χ3n) is 3.33. The minimum Gasteiger partial charge on any atom is -0.354 e. The highest BCUT2D eigenvalue weighted by Gasteiger charge is 2.22. The van der Waals surface area contributed by atoms with Crippen molar-refractivity contribution < 1.29 is 0 Å². The molecule has 90 valence electrons. The number of aromatic nitrogens is 1. The van der Waals surface area contributed by atoms with Crippen LogP contribution in [0.15, 0.2) is 5.38 Å². The number of hydrogen-bond acceptors (Lipinski definition) is 4. The lowest BCUT2D eigenvalue weighted by atomic mass is 10.1. The van der Waals surface area contributed by atoms with Crippen molar-refractivity contribution in [2.45, 2.75) is 38.8 Å². The van der Waals surface area contributed by atoms with Gasteiger partial charge in [-0.05, 0) is 18.8 Å². The first-order valence-electron chi connectivity index (χ1n) is 6.02. The molecule has 1 aromatic rings. The van der Waals surface area contributed by atoms with Gasteiger partial charge in [-0.3, -0.25) is 0 Å². The Kier molecular flexibility index (Phi) is 3.82. The van der Waals surface area contributed by atoms with Crippen molar-refractivity contribution in [2.24, 2.45) is 5.92 Å². The van der Waals surface area contributed by atoms with E-state index in [1.54, 1.807) is 11.3 Å². The summed E-state index contributed by atoms with van der Waals surface area (Å²) in [6, 6.07) is 0.699. The van der Waals surface area contributed by atoms with Gasteiger partial charge >= 0.3 is 0 Å². The molecule has 1 aliphatic carbocycles. The van der Waals surface area contributed by atoms with Gasteiger partial charge in [0.2, 0.25) is 0 Å². The van der Waals surface area contributed by atoms with E-state index in [2.05, 4.69) is 27.5 Å². The minimum atomic E-state index is 0.699. The molecule has 0 aromatic carbocycles. The topological polar surface area (TPSA) is 28.2 Å². The van der Waals surface area contributed by atoms with Crippen molar-refractivity contribution in [3.63, 3.8) is 0 Å². The van der Waals surface area contributed by atoms with E-state index in [1.165, 1.54) is 25.0 Å². The molecule has 2 atom stereocenters. The SMILES string of the molecule is CC1CCCC1NCc1csc(N(C)C)n1. The molecule has 1 aliphatic rings. The second-order valence-electron chi connectivity index (χ2n) is 4.91. The average Bonchev–Trinajstić information content (AvgIpc) is 2.83. The van der Waals surface area contributed by atoms with Crippen LogP contribution < -0.4 is 10.2 Å². The highest BCUT2D eigenvalue weighted by atomic mass is 32.1. The molecule has 1 heterocycles. The average molecular weight is 239 g/mol. The molecule has 4 heteroatoms. The first-order valence-corrected chi connectivity index (χ1v) is 6.90. The Hall–Kier alpha value is -0.610. The van der Waals surface area contributed by atoms with E-state index in [9.17, 15) is 0 Å². The van der Waals surface area contributed by atoms with E-state index in [0.717, 1.165) is 17.6 Å². The molecule has 0 aliphatic heterocycles. The summed E-state index contributed by atoms with van der Waals surface area (Å²) >= 11 is 1.72. The Morgan fingerprint density at radius 2 is 2.31 bits per heavy atom. The largest absolute Gasteiger partial charge is 0.354 e. The van der Waals surface area contributed by atoms with E-state index >= 15 is 0 Å². The number of nitrogens with zero attached hydrogens (tertiary/aromatic N) is 2. The summed E-state index contributed by atoms with van der Waals surface area (Å²) in [6.45, 7) is 3.26. The maximum absolute atomic E-state index is 4.58. The Morgan fingerprint density at radius 1 is 1.50 bits per heavy atom. The second-order valence-corrected chi connectivity index (χ2v) is 5.75. The summed E-state index contributed by atoms with van der Waals surface area (Å²) < 4.78 is 0. The molecular weight excluding hydrogens is 218 g/mol. The van der Waals surface area contributed by atoms with E-state index in [0.29, 0.717) is 6.04 Å². The lowest BCUT2D eigenvalue weighted by Gasteiger charge is -2.16. The lowest BCUT2D eigenvalue weighted by Crippen LogP contribution is -2.30. The summed E-state index contributed by atoms with van der Waals surface area (Å²) in [6.07, 6.45) is 4.07. The van der Waals surface area contributed by atoms with Crippen molar-refractivity contribution >= 4 is 16.5 Å². The molecular formula is C12H21N3S. The van der Waals surface area contributed by atoms with Crippen LogP contribution in [0.1, 0.15) is 31.9 Å². The zero-order valence-corrected chi connectivity index (χ0v) is 11.2. The molecule has 0 saturated heterocycles. The number of thiazole rings is 1. The molecule has 1 aromatic heterocycles. The molecule has 2 unspecified atom stereocenters. The Bertz CT molecular complexity index is 335. The van der Waals surface area contributed by atoms with Crippen LogP contribution >= 0.6 is 11.3 Å². The van der Waals surface area contributed by atoms with Crippen molar-refractivity contribution in [2.75, 3.05) is 19.0 Å². The highest BCUT2D eigenvalue weighted by Crippen LogP contribution is 2.25. The van der Waals surface area contributed by atoms with Gasteiger partial charge in [-0.15, -0.1) is 11.3 Å². The molecule has 1 N–H and O–H groups in total. The van der Waals surface area contributed by atoms with E-state index in [1.807, 2.05) is 14.1 Å². The van der Waals surface area contributed by atoms with Crippen molar-refractivity contribution in [3.05, 3.63) is 11.1 Å². The summed E-state index contributed by atoms with van der Waals surface area (Å²) in [5.74, 6) is 0.826. The van der Waals surface area contributed by atoms with Crippen LogP contribution in [-0.4, -0.2) is 25.1 Å². The smallest absolute Gasteiger partial charge is 0.185 e. The third kappa shape index (κ3) is 2.74. The van der Waals surface area contributed by atoms with Crippen molar-refractivity contribution in [1.82, 2.24) is 10.3 Å². The summed E-state index contributed by atoms with van der Waals surface area (Å²) in [7, 11) is 4.07. The highest BCUT2D eigenvalue weighted by molar-refractivity contribution is 7.13. The van der Waals surface area contributed by atoms with Crippen LogP contribution in [0, 0.1) is 5.92 Å². The van der Waals surface area contributed by atoms with Gasteiger partial charge in [0, 0.05) is 32.1 Å². The molecule has 3 nitrogen and oxygen atoms in total. The molecule has 0 amide bonds. The zero-order chi connectivity index (χ0) is 11.5. The van der Waals surface area contributed by atoms with Crippen LogP contribution in [0.4, 0.5) is 5.13 Å². The predicted molar refractivity (Wildman–Crippen MR) is 70.1 cm³/mol. The normalized spacial score (nSPS) is 24.9. The molecule has 0 bridgehead atoms. The zero-order valence-electron chi connectivity index (χ0n) is 10.4. The Morgan fingerprint density at radius 3 is 2.88 bits per heavy atom. The summed E-state index contributed by atoms with van der Waals surface area (Å²) in [4.78, 5) is 6.64. The lowest BCUT2D eigenvalue weighted by molar-refractivity contribution is 0.424.